The highest BCUT2D eigenvalue weighted by atomic mass is 16.5. The lowest BCUT2D eigenvalue weighted by Gasteiger charge is -2.16. The highest BCUT2D eigenvalue weighted by Gasteiger charge is 2.16. The van der Waals surface area contributed by atoms with Gasteiger partial charge in [-0.1, -0.05) is 12.1 Å². The van der Waals surface area contributed by atoms with E-state index >= 15 is 0 Å². The van der Waals surface area contributed by atoms with Gasteiger partial charge >= 0.3 is 0 Å². The van der Waals surface area contributed by atoms with Gasteiger partial charge in [-0.15, -0.1) is 0 Å². The summed E-state index contributed by atoms with van der Waals surface area (Å²) in [6.07, 6.45) is -0.381. The average Bonchev–Trinajstić information content (AvgIpc) is 2.83. The number of aryl methyl sites for hydroxylation is 1. The molecule has 0 fully saturated rings. The summed E-state index contributed by atoms with van der Waals surface area (Å²) in [6.45, 7) is 2.15. The van der Waals surface area contributed by atoms with Crippen LogP contribution in [0.3, 0.4) is 0 Å². The molecule has 0 aliphatic heterocycles. The maximum absolute atomic E-state index is 8.99. The normalized spacial score (nSPS) is 11.8. The lowest BCUT2D eigenvalue weighted by molar-refractivity contribution is 0.182. The summed E-state index contributed by atoms with van der Waals surface area (Å²) in [7, 11) is 0. The van der Waals surface area contributed by atoms with Gasteiger partial charge in [0.2, 0.25) is 0 Å². The molecular formula is C14H14N2O2. The Kier molecular flexibility index (Phi) is 3.66. The standard InChI is InChI=1S/C14H14N2O2/c1-10-6-7-13(17-10)14(9-16)18-12-5-3-2-4-11(12)8-15/h2-7,14H,9,16H2,1H3. The lowest BCUT2D eigenvalue weighted by Crippen LogP contribution is -2.18. The monoisotopic (exact) mass is 242 g/mol. The number of ether oxygens (including phenoxy) is 1. The summed E-state index contributed by atoms with van der Waals surface area (Å²) in [5, 5.41) is 8.99. The highest BCUT2D eigenvalue weighted by Crippen LogP contribution is 2.25. The van der Waals surface area contributed by atoms with E-state index in [1.54, 1.807) is 18.2 Å². The molecule has 0 saturated carbocycles. The Hall–Kier alpha value is -2.25. The van der Waals surface area contributed by atoms with E-state index in [9.17, 15) is 0 Å². The van der Waals surface area contributed by atoms with Gasteiger partial charge < -0.3 is 14.9 Å². The smallest absolute Gasteiger partial charge is 0.168 e. The van der Waals surface area contributed by atoms with Crippen LogP contribution < -0.4 is 10.5 Å². The van der Waals surface area contributed by atoms with E-state index in [4.69, 9.17) is 20.1 Å². The van der Waals surface area contributed by atoms with Crippen molar-refractivity contribution < 1.29 is 9.15 Å². The molecular weight excluding hydrogens is 228 g/mol. The van der Waals surface area contributed by atoms with Gasteiger partial charge in [0.1, 0.15) is 23.3 Å². The van der Waals surface area contributed by atoms with Crippen LogP contribution in [0.5, 0.6) is 5.75 Å². The van der Waals surface area contributed by atoms with Crippen molar-refractivity contribution in [3.8, 4) is 11.8 Å². The van der Waals surface area contributed by atoms with E-state index in [0.717, 1.165) is 5.76 Å². The Balaban J connectivity index is 2.23. The third-order valence-corrected chi connectivity index (χ3v) is 2.57. The minimum Gasteiger partial charge on any atom is -0.480 e. The molecule has 0 aliphatic rings. The predicted octanol–water partition coefficient (Wildman–Crippen LogP) is 2.54. The van der Waals surface area contributed by atoms with Gasteiger partial charge in [-0.05, 0) is 31.2 Å². The SMILES string of the molecule is Cc1ccc(C(CN)Oc2ccccc2C#N)o1. The number of hydrogen-bond donors (Lipinski definition) is 1. The number of furan rings is 1. The van der Waals surface area contributed by atoms with Crippen LogP contribution in [0.25, 0.3) is 0 Å². The van der Waals surface area contributed by atoms with E-state index < -0.39 is 0 Å². The van der Waals surface area contributed by atoms with Gasteiger partial charge in [0, 0.05) is 6.54 Å². The van der Waals surface area contributed by atoms with Gasteiger partial charge in [-0.3, -0.25) is 0 Å². The number of nitrogens with two attached hydrogens (primary N) is 1. The third-order valence-electron chi connectivity index (χ3n) is 2.57. The first-order valence-corrected chi connectivity index (χ1v) is 5.66. The number of nitriles is 1. The second-order valence-electron chi connectivity index (χ2n) is 3.90. The van der Waals surface area contributed by atoms with Crippen LogP contribution in [0, 0.1) is 18.3 Å². The zero-order valence-corrected chi connectivity index (χ0v) is 10.1. The number of nitrogens with zero attached hydrogens (tertiary/aromatic N) is 1. The topological polar surface area (TPSA) is 72.2 Å². The van der Waals surface area contributed by atoms with Gasteiger partial charge in [0.15, 0.2) is 6.10 Å². The van der Waals surface area contributed by atoms with Crippen molar-refractivity contribution in [2.75, 3.05) is 6.54 Å². The first-order chi connectivity index (χ1) is 8.74. The second-order valence-corrected chi connectivity index (χ2v) is 3.90. The van der Waals surface area contributed by atoms with Crippen molar-refractivity contribution in [3.63, 3.8) is 0 Å². The van der Waals surface area contributed by atoms with Crippen LogP contribution in [0.2, 0.25) is 0 Å². The van der Waals surface area contributed by atoms with E-state index in [2.05, 4.69) is 6.07 Å². The minimum atomic E-state index is -0.381. The highest BCUT2D eigenvalue weighted by molar-refractivity contribution is 5.42. The third kappa shape index (κ3) is 2.53. The van der Waals surface area contributed by atoms with Crippen LogP contribution in [-0.2, 0) is 0 Å². The summed E-state index contributed by atoms with van der Waals surface area (Å²) < 4.78 is 11.2. The number of para-hydroxylation sites is 1. The molecule has 0 bridgehead atoms. The van der Waals surface area contributed by atoms with Crippen molar-refractivity contribution in [2.45, 2.75) is 13.0 Å². The molecule has 18 heavy (non-hydrogen) atoms. The van der Waals surface area contributed by atoms with Crippen LogP contribution in [0.15, 0.2) is 40.8 Å². The van der Waals surface area contributed by atoms with Crippen molar-refractivity contribution in [1.29, 1.82) is 5.26 Å². The summed E-state index contributed by atoms with van der Waals surface area (Å²) in [5.41, 5.74) is 6.17. The fourth-order valence-electron chi connectivity index (χ4n) is 1.66. The molecule has 0 radical (unpaired) electrons. The molecule has 1 atom stereocenters. The zero-order chi connectivity index (χ0) is 13.0. The maximum Gasteiger partial charge on any atom is 0.168 e. The largest absolute Gasteiger partial charge is 0.480 e. The lowest BCUT2D eigenvalue weighted by atomic mass is 10.2. The molecule has 1 aromatic carbocycles. The molecule has 92 valence electrons. The second kappa shape index (κ2) is 5.39. The van der Waals surface area contributed by atoms with Crippen molar-refractivity contribution >= 4 is 0 Å². The Morgan fingerprint density at radius 3 is 2.72 bits per heavy atom. The fourth-order valence-corrected chi connectivity index (χ4v) is 1.66. The molecule has 2 aromatic rings. The molecule has 1 heterocycles. The van der Waals surface area contributed by atoms with Crippen LogP contribution >= 0.6 is 0 Å². The van der Waals surface area contributed by atoms with E-state index in [1.165, 1.54) is 0 Å². The van der Waals surface area contributed by atoms with Gasteiger partial charge in [0.25, 0.3) is 0 Å². The summed E-state index contributed by atoms with van der Waals surface area (Å²) in [6, 6.07) is 12.8. The Bertz CT molecular complexity index is 569. The molecule has 2 rings (SSSR count). The quantitative estimate of drug-likeness (QED) is 0.894. The van der Waals surface area contributed by atoms with Crippen LogP contribution in [0.4, 0.5) is 0 Å². The van der Waals surface area contributed by atoms with Crippen LogP contribution in [-0.4, -0.2) is 6.54 Å². The summed E-state index contributed by atoms with van der Waals surface area (Å²) in [4.78, 5) is 0. The van der Waals surface area contributed by atoms with Gasteiger partial charge in [-0.2, -0.15) is 5.26 Å². The Morgan fingerprint density at radius 2 is 2.11 bits per heavy atom. The van der Waals surface area contributed by atoms with E-state index in [0.29, 0.717) is 17.1 Å². The van der Waals surface area contributed by atoms with Crippen LogP contribution in [0.1, 0.15) is 23.2 Å². The number of hydrogen-bond acceptors (Lipinski definition) is 4. The van der Waals surface area contributed by atoms with E-state index in [1.807, 2.05) is 25.1 Å². The molecule has 1 unspecified atom stereocenters. The Morgan fingerprint density at radius 1 is 1.33 bits per heavy atom. The average molecular weight is 242 g/mol. The maximum atomic E-state index is 8.99. The minimum absolute atomic E-state index is 0.284. The van der Waals surface area contributed by atoms with Crippen molar-refractivity contribution in [2.24, 2.45) is 5.73 Å². The number of benzene rings is 1. The molecule has 0 spiro atoms. The van der Waals surface area contributed by atoms with E-state index in [-0.39, 0.29) is 12.6 Å². The van der Waals surface area contributed by atoms with Gasteiger partial charge in [-0.25, -0.2) is 0 Å². The van der Waals surface area contributed by atoms with Crippen molar-refractivity contribution in [3.05, 3.63) is 53.5 Å². The Labute approximate surface area is 106 Å². The first-order valence-electron chi connectivity index (χ1n) is 5.66. The fraction of sp³-hybridized carbons (Fsp3) is 0.214. The molecule has 0 saturated heterocycles. The molecule has 1 aromatic heterocycles. The predicted molar refractivity (Wildman–Crippen MR) is 67.0 cm³/mol. The van der Waals surface area contributed by atoms with Crippen molar-refractivity contribution in [1.82, 2.24) is 0 Å². The molecule has 0 aliphatic carbocycles. The zero-order valence-electron chi connectivity index (χ0n) is 10.1. The molecule has 0 amide bonds. The first kappa shape index (κ1) is 12.2. The summed E-state index contributed by atoms with van der Waals surface area (Å²) in [5.74, 6) is 1.99. The molecule has 2 N–H and O–H groups in total. The molecule has 4 nitrogen and oxygen atoms in total. The summed E-state index contributed by atoms with van der Waals surface area (Å²) >= 11 is 0. The van der Waals surface area contributed by atoms with Gasteiger partial charge in [0.05, 0.1) is 5.56 Å². The molecule has 4 heteroatoms. The number of rotatable bonds is 4.